The van der Waals surface area contributed by atoms with Gasteiger partial charge in [-0.3, -0.25) is 19.2 Å². The van der Waals surface area contributed by atoms with Crippen LogP contribution in [-0.2, 0) is 31.8 Å². The Morgan fingerprint density at radius 1 is 0.928 bits per heavy atom. The van der Waals surface area contributed by atoms with Crippen LogP contribution >= 0.6 is 0 Å². The number of unbranched alkanes of at least 4 members (excludes halogenated alkanes) is 2. The number of likely N-dealkylation sites (tertiary alicyclic amines) is 1. The molecule has 0 unspecified atom stereocenters. The van der Waals surface area contributed by atoms with Crippen LogP contribution in [0.15, 0.2) is 77.5 Å². The van der Waals surface area contributed by atoms with E-state index in [0.29, 0.717) is 69.1 Å². The van der Waals surface area contributed by atoms with Crippen LogP contribution in [0.1, 0.15) is 113 Å². The van der Waals surface area contributed by atoms with Crippen LogP contribution in [0.2, 0.25) is 0 Å². The number of nitriles is 1. The van der Waals surface area contributed by atoms with E-state index in [2.05, 4.69) is 20.9 Å². The van der Waals surface area contributed by atoms with Crippen molar-refractivity contribution in [3.8, 4) is 28.9 Å². The predicted octanol–water partition coefficient (Wildman–Crippen LogP) is 8.56. The van der Waals surface area contributed by atoms with Gasteiger partial charge in [0.25, 0.3) is 5.91 Å². The molecule has 17 heteroatoms. The largest absolute Gasteiger partial charge is 0.494 e. The van der Waals surface area contributed by atoms with Crippen molar-refractivity contribution >= 4 is 23.6 Å². The highest BCUT2D eigenvalue weighted by molar-refractivity contribution is 5.95. The van der Waals surface area contributed by atoms with Gasteiger partial charge in [-0.25, -0.2) is 4.98 Å². The second kappa shape index (κ2) is 21.5. The van der Waals surface area contributed by atoms with Gasteiger partial charge in [-0.05, 0) is 92.5 Å². The molecule has 6 rings (SSSR count). The minimum atomic E-state index is -4.71. The van der Waals surface area contributed by atoms with E-state index in [9.17, 15) is 32.3 Å². The number of oxazole rings is 1. The SMILES string of the molecule is Cc1ncoc1-c1ccc(CNC(=O)[C@@H]2CCCN2C(=O)[C@@H](NC(=O)COCCCCCOc2ccc(C(=O)NC3C(C)(C)C(Oc4ccc(C#N)c(C(F)(F)F)c4)C3(C)C)cc2)C(C)(C)C)cc1. The van der Waals surface area contributed by atoms with Gasteiger partial charge in [-0.2, -0.15) is 18.4 Å². The van der Waals surface area contributed by atoms with E-state index in [4.69, 9.17) is 23.9 Å². The van der Waals surface area contributed by atoms with E-state index in [1.807, 2.05) is 79.7 Å². The summed E-state index contributed by atoms with van der Waals surface area (Å²) in [6.07, 6.45) is -0.487. The number of carbonyl (C=O) groups is 4. The molecule has 1 aromatic heterocycles. The first-order chi connectivity index (χ1) is 32.5. The summed E-state index contributed by atoms with van der Waals surface area (Å²) >= 11 is 0. The molecule has 1 aliphatic carbocycles. The molecule has 0 bridgehead atoms. The second-order valence-corrected chi connectivity index (χ2v) is 20.1. The first-order valence-electron chi connectivity index (χ1n) is 23.3. The fourth-order valence-electron chi connectivity index (χ4n) is 9.60. The van der Waals surface area contributed by atoms with Gasteiger partial charge >= 0.3 is 6.18 Å². The normalized spacial score (nSPS) is 18.9. The quantitative estimate of drug-likeness (QED) is 0.0770. The Labute approximate surface area is 401 Å². The maximum Gasteiger partial charge on any atom is 0.417 e. The number of benzene rings is 3. The summed E-state index contributed by atoms with van der Waals surface area (Å²) < 4.78 is 63.9. The summed E-state index contributed by atoms with van der Waals surface area (Å²) in [6, 6.07) is 17.4. The molecule has 370 valence electrons. The number of halogens is 3. The Hall–Kier alpha value is -6.41. The Balaban J connectivity index is 0.875. The number of rotatable bonds is 19. The smallest absolute Gasteiger partial charge is 0.417 e. The molecule has 2 atom stereocenters. The van der Waals surface area contributed by atoms with E-state index < -0.39 is 57.6 Å². The zero-order valence-electron chi connectivity index (χ0n) is 40.6. The van der Waals surface area contributed by atoms with Crippen molar-refractivity contribution in [2.45, 2.75) is 124 Å². The molecular formula is C52H63F3N6O8. The van der Waals surface area contributed by atoms with Gasteiger partial charge in [0.1, 0.15) is 36.3 Å². The third-order valence-corrected chi connectivity index (χ3v) is 13.0. The Bertz CT molecular complexity index is 2470. The molecule has 69 heavy (non-hydrogen) atoms. The van der Waals surface area contributed by atoms with Crippen molar-refractivity contribution in [2.75, 3.05) is 26.4 Å². The molecule has 14 nitrogen and oxygen atoms in total. The number of ether oxygens (including phenoxy) is 3. The number of hydrogen-bond donors (Lipinski definition) is 3. The Morgan fingerprint density at radius 2 is 1.59 bits per heavy atom. The van der Waals surface area contributed by atoms with Crippen molar-refractivity contribution in [2.24, 2.45) is 16.2 Å². The van der Waals surface area contributed by atoms with E-state index in [0.717, 1.165) is 35.4 Å². The third-order valence-electron chi connectivity index (χ3n) is 13.0. The molecule has 1 saturated heterocycles. The van der Waals surface area contributed by atoms with E-state index >= 15 is 0 Å². The fourth-order valence-corrected chi connectivity index (χ4v) is 9.60. The summed E-state index contributed by atoms with van der Waals surface area (Å²) in [4.78, 5) is 59.4. The van der Waals surface area contributed by atoms with Crippen LogP contribution < -0.4 is 25.4 Å². The van der Waals surface area contributed by atoms with Crippen LogP contribution in [-0.4, -0.2) is 84.1 Å². The first kappa shape index (κ1) is 52.0. The van der Waals surface area contributed by atoms with Crippen LogP contribution in [0, 0.1) is 34.5 Å². The van der Waals surface area contributed by atoms with Crippen LogP contribution in [0.25, 0.3) is 11.3 Å². The van der Waals surface area contributed by atoms with Crippen LogP contribution in [0.3, 0.4) is 0 Å². The monoisotopic (exact) mass is 956 g/mol. The number of nitrogens with one attached hydrogen (secondary N) is 3. The molecule has 4 aromatic rings. The standard InChI is InChI=1S/C52H63F3N6O8/c1-32-42(68-31-58-32)34-16-14-33(15-17-34)29-57-45(64)40-13-12-24-61(40)46(65)43(49(2,3)4)59-41(62)30-66-25-10-9-11-26-67-37-21-18-35(19-22-37)44(63)60-47-50(5,6)48(51(47,7)8)69-38-23-20-36(28-56)39(27-38)52(53,54)55/h14-23,27,31,40,43,47-48H,9-13,24-26,29-30H2,1-8H3,(H,57,64)(H,59,62)(H,60,63)/t40-,43+,47?,48?/m0/s1. The van der Waals surface area contributed by atoms with E-state index in [1.165, 1.54) is 12.5 Å². The van der Waals surface area contributed by atoms with Crippen molar-refractivity contribution in [3.05, 3.63) is 101 Å². The van der Waals surface area contributed by atoms with E-state index in [-0.39, 0.29) is 36.1 Å². The predicted molar refractivity (Wildman–Crippen MR) is 251 cm³/mol. The molecule has 4 amide bonds. The van der Waals surface area contributed by atoms with Gasteiger partial charge in [0.2, 0.25) is 17.7 Å². The second-order valence-electron chi connectivity index (χ2n) is 20.1. The maximum atomic E-state index is 13.9. The average Bonchev–Trinajstić information content (AvgIpc) is 3.98. The van der Waals surface area contributed by atoms with Crippen molar-refractivity contribution in [3.63, 3.8) is 0 Å². The minimum Gasteiger partial charge on any atom is -0.494 e. The number of aryl methyl sites for hydroxylation is 1. The third kappa shape index (κ3) is 12.4. The summed E-state index contributed by atoms with van der Waals surface area (Å²) in [5, 5.41) is 18.1. The van der Waals surface area contributed by atoms with Crippen molar-refractivity contribution < 1.29 is 51.0 Å². The van der Waals surface area contributed by atoms with Crippen molar-refractivity contribution in [1.82, 2.24) is 25.8 Å². The van der Waals surface area contributed by atoms with Gasteiger partial charge < -0.3 is 39.5 Å². The van der Waals surface area contributed by atoms with Gasteiger partial charge in [-0.1, -0.05) is 72.7 Å². The van der Waals surface area contributed by atoms with Gasteiger partial charge in [-0.15, -0.1) is 0 Å². The number of nitrogens with zero attached hydrogens (tertiary/aromatic N) is 3. The van der Waals surface area contributed by atoms with Gasteiger partial charge in [0.05, 0.1) is 29.5 Å². The first-order valence-corrected chi connectivity index (χ1v) is 23.3. The van der Waals surface area contributed by atoms with E-state index in [1.54, 1.807) is 35.2 Å². The highest BCUT2D eigenvalue weighted by Crippen LogP contribution is 2.56. The summed E-state index contributed by atoms with van der Waals surface area (Å²) in [5.41, 5.74) is -0.473. The summed E-state index contributed by atoms with van der Waals surface area (Å²) in [7, 11) is 0. The fraction of sp³-hybridized carbons (Fsp3) is 0.500. The molecule has 1 aliphatic heterocycles. The molecule has 0 radical (unpaired) electrons. The molecule has 2 heterocycles. The molecule has 2 aliphatic rings. The zero-order chi connectivity index (χ0) is 50.3. The topological polar surface area (TPSA) is 185 Å². The zero-order valence-corrected chi connectivity index (χ0v) is 40.6. The molecular weight excluding hydrogens is 894 g/mol. The molecule has 3 N–H and O–H groups in total. The lowest BCUT2D eigenvalue weighted by Crippen LogP contribution is -2.74. The highest BCUT2D eigenvalue weighted by Gasteiger charge is 2.64. The minimum absolute atomic E-state index is 0.00510. The summed E-state index contributed by atoms with van der Waals surface area (Å²) in [6.45, 7) is 16.3. The number of alkyl halides is 3. The molecule has 2 fully saturated rings. The lowest BCUT2D eigenvalue weighted by Gasteiger charge is -2.63. The molecule has 1 saturated carbocycles. The lowest BCUT2D eigenvalue weighted by molar-refractivity contribution is -0.164. The number of carbonyl (C=O) groups excluding carboxylic acids is 4. The summed E-state index contributed by atoms with van der Waals surface area (Å²) in [5.74, 6) is -0.00702. The molecule has 3 aromatic carbocycles. The lowest BCUT2D eigenvalue weighted by atomic mass is 9.49. The maximum absolute atomic E-state index is 13.9. The van der Waals surface area contributed by atoms with Gasteiger partial charge in [0, 0.05) is 47.7 Å². The number of amides is 4. The van der Waals surface area contributed by atoms with Crippen molar-refractivity contribution in [1.29, 1.82) is 5.26 Å². The highest BCUT2D eigenvalue weighted by atomic mass is 19.4. The van der Waals surface area contributed by atoms with Gasteiger partial charge in [0.15, 0.2) is 12.2 Å². The average molecular weight is 957 g/mol. The van der Waals surface area contributed by atoms with Crippen LogP contribution in [0.5, 0.6) is 11.5 Å². The Kier molecular flexibility index (Phi) is 16.2. The Morgan fingerprint density at radius 3 is 2.22 bits per heavy atom. The number of hydrogen-bond acceptors (Lipinski definition) is 10. The number of aromatic nitrogens is 1. The van der Waals surface area contributed by atoms with Crippen LogP contribution in [0.4, 0.5) is 13.2 Å². The molecule has 0 spiro atoms.